The van der Waals surface area contributed by atoms with Gasteiger partial charge in [-0.3, -0.25) is 4.79 Å². The highest BCUT2D eigenvalue weighted by Gasteiger charge is 2.36. The van der Waals surface area contributed by atoms with Gasteiger partial charge in [0.25, 0.3) is 0 Å². The van der Waals surface area contributed by atoms with Crippen LogP contribution < -0.4 is 10.6 Å². The smallest absolute Gasteiger partial charge is 0.152 e. The number of aryl methyl sites for hydroxylation is 1. The first kappa shape index (κ1) is 14.9. The van der Waals surface area contributed by atoms with Crippen molar-refractivity contribution in [2.24, 2.45) is 11.1 Å². The lowest BCUT2D eigenvalue weighted by Crippen LogP contribution is -2.50. The quantitative estimate of drug-likeness (QED) is 0.912. The monoisotopic (exact) mass is 276 g/mol. The van der Waals surface area contributed by atoms with E-state index >= 15 is 0 Å². The van der Waals surface area contributed by atoms with Crippen molar-refractivity contribution in [3.8, 4) is 0 Å². The molecule has 1 aromatic rings. The summed E-state index contributed by atoms with van der Waals surface area (Å²) in [6.07, 6.45) is 1.94. The van der Waals surface area contributed by atoms with Crippen LogP contribution in [0.25, 0.3) is 0 Å². The van der Waals surface area contributed by atoms with Crippen molar-refractivity contribution in [3.05, 3.63) is 17.6 Å². The molecule has 0 aromatic carbocycles. The standard InChI is InChI=1S/C15H24N4O/c1-10(20)13-5-6-15(3,4)9-19(13)14-7-12(8-16)17-11(2)18-14/h7,13H,5-6,8-9,16H2,1-4H3. The fourth-order valence-electron chi connectivity index (χ4n) is 2.86. The Balaban J connectivity index is 2.39. The van der Waals surface area contributed by atoms with E-state index in [1.54, 1.807) is 6.92 Å². The zero-order chi connectivity index (χ0) is 14.9. The zero-order valence-corrected chi connectivity index (χ0v) is 12.8. The summed E-state index contributed by atoms with van der Waals surface area (Å²) in [6.45, 7) is 9.20. The molecule has 0 bridgehead atoms. The van der Waals surface area contributed by atoms with Gasteiger partial charge in [0.05, 0.1) is 11.7 Å². The molecule has 1 aliphatic heterocycles. The first-order chi connectivity index (χ1) is 9.32. The summed E-state index contributed by atoms with van der Waals surface area (Å²) in [4.78, 5) is 22.9. The van der Waals surface area contributed by atoms with Gasteiger partial charge in [-0.05, 0) is 32.1 Å². The van der Waals surface area contributed by atoms with Crippen LogP contribution in [-0.2, 0) is 11.3 Å². The molecule has 0 radical (unpaired) electrons. The molecule has 5 nitrogen and oxygen atoms in total. The Bertz CT molecular complexity index is 513. The minimum Gasteiger partial charge on any atom is -0.346 e. The maximum atomic E-state index is 11.9. The molecule has 110 valence electrons. The number of Topliss-reactive ketones (excluding diaryl/α,β-unsaturated/α-hetero) is 1. The molecule has 1 unspecified atom stereocenters. The summed E-state index contributed by atoms with van der Waals surface area (Å²) in [5.74, 6) is 1.73. The van der Waals surface area contributed by atoms with Crippen molar-refractivity contribution in [1.82, 2.24) is 9.97 Å². The first-order valence-corrected chi connectivity index (χ1v) is 7.14. The molecule has 0 spiro atoms. The van der Waals surface area contributed by atoms with Crippen molar-refractivity contribution < 1.29 is 4.79 Å². The maximum Gasteiger partial charge on any atom is 0.152 e. The van der Waals surface area contributed by atoms with Crippen molar-refractivity contribution >= 4 is 11.6 Å². The van der Waals surface area contributed by atoms with Crippen LogP contribution in [0.2, 0.25) is 0 Å². The van der Waals surface area contributed by atoms with Gasteiger partial charge in [0, 0.05) is 19.2 Å². The number of piperidine rings is 1. The summed E-state index contributed by atoms with van der Waals surface area (Å²) in [5, 5.41) is 0. The Kier molecular flexibility index (Phi) is 4.09. The summed E-state index contributed by atoms with van der Waals surface area (Å²) in [5.41, 5.74) is 6.70. The minimum atomic E-state index is -0.0806. The van der Waals surface area contributed by atoms with Crippen LogP contribution in [0.15, 0.2) is 6.07 Å². The highest BCUT2D eigenvalue weighted by atomic mass is 16.1. The molecule has 0 aliphatic carbocycles. The average Bonchev–Trinajstić information content (AvgIpc) is 2.36. The van der Waals surface area contributed by atoms with Gasteiger partial charge in [-0.1, -0.05) is 13.8 Å². The van der Waals surface area contributed by atoms with E-state index in [0.717, 1.165) is 30.9 Å². The van der Waals surface area contributed by atoms with Crippen LogP contribution in [-0.4, -0.2) is 28.3 Å². The average molecular weight is 276 g/mol. The summed E-state index contributed by atoms with van der Waals surface area (Å²) in [7, 11) is 0. The van der Waals surface area contributed by atoms with Crippen molar-refractivity contribution in [1.29, 1.82) is 0 Å². The number of hydrogen-bond donors (Lipinski definition) is 1. The van der Waals surface area contributed by atoms with E-state index in [0.29, 0.717) is 12.4 Å². The molecule has 2 N–H and O–H groups in total. The molecule has 20 heavy (non-hydrogen) atoms. The molecule has 1 fully saturated rings. The molecule has 0 saturated carbocycles. The van der Waals surface area contributed by atoms with Crippen LogP contribution in [0.4, 0.5) is 5.82 Å². The summed E-state index contributed by atoms with van der Waals surface area (Å²) < 4.78 is 0. The number of carbonyl (C=O) groups excluding carboxylic acids is 1. The van der Waals surface area contributed by atoms with Gasteiger partial charge in [0.1, 0.15) is 11.6 Å². The number of anilines is 1. The Hall–Kier alpha value is -1.49. The largest absolute Gasteiger partial charge is 0.346 e. The van der Waals surface area contributed by atoms with Gasteiger partial charge in [-0.15, -0.1) is 0 Å². The maximum absolute atomic E-state index is 11.9. The van der Waals surface area contributed by atoms with Gasteiger partial charge in [-0.2, -0.15) is 0 Å². The Morgan fingerprint density at radius 2 is 2.20 bits per heavy atom. The third-order valence-electron chi connectivity index (χ3n) is 3.92. The van der Waals surface area contributed by atoms with Crippen LogP contribution in [0, 0.1) is 12.3 Å². The van der Waals surface area contributed by atoms with Gasteiger partial charge in [0.2, 0.25) is 0 Å². The van der Waals surface area contributed by atoms with Crippen LogP contribution >= 0.6 is 0 Å². The molecule has 0 amide bonds. The van der Waals surface area contributed by atoms with Crippen molar-refractivity contribution in [3.63, 3.8) is 0 Å². The van der Waals surface area contributed by atoms with Crippen LogP contribution in [0.3, 0.4) is 0 Å². The van der Waals surface area contributed by atoms with E-state index < -0.39 is 0 Å². The predicted molar refractivity (Wildman–Crippen MR) is 79.5 cm³/mol. The minimum absolute atomic E-state index is 0.0806. The molecule has 2 rings (SSSR count). The SMILES string of the molecule is CC(=O)C1CCC(C)(C)CN1c1cc(CN)nc(C)n1. The summed E-state index contributed by atoms with van der Waals surface area (Å²) >= 11 is 0. The van der Waals surface area contributed by atoms with E-state index in [-0.39, 0.29) is 17.2 Å². The van der Waals surface area contributed by atoms with Gasteiger partial charge < -0.3 is 10.6 Å². The Labute approximate surface area is 120 Å². The van der Waals surface area contributed by atoms with E-state index in [1.165, 1.54) is 0 Å². The third-order valence-corrected chi connectivity index (χ3v) is 3.92. The van der Waals surface area contributed by atoms with Crippen LogP contribution in [0.5, 0.6) is 0 Å². The molecular formula is C15H24N4O. The number of ketones is 1. The van der Waals surface area contributed by atoms with Gasteiger partial charge >= 0.3 is 0 Å². The van der Waals surface area contributed by atoms with Crippen molar-refractivity contribution in [2.75, 3.05) is 11.4 Å². The fraction of sp³-hybridized carbons (Fsp3) is 0.667. The number of nitrogens with two attached hydrogens (primary N) is 1. The second kappa shape index (κ2) is 5.48. The zero-order valence-electron chi connectivity index (χ0n) is 12.8. The third kappa shape index (κ3) is 3.15. The van der Waals surface area contributed by atoms with Crippen molar-refractivity contribution in [2.45, 2.75) is 53.1 Å². The lowest BCUT2D eigenvalue weighted by atomic mass is 9.80. The second-order valence-corrected chi connectivity index (χ2v) is 6.43. The van der Waals surface area contributed by atoms with Gasteiger partial charge in [0.15, 0.2) is 5.78 Å². The lowest BCUT2D eigenvalue weighted by molar-refractivity contribution is -0.119. The predicted octanol–water partition coefficient (Wildman–Crippen LogP) is 1.83. The summed E-state index contributed by atoms with van der Waals surface area (Å²) in [6, 6.07) is 1.83. The second-order valence-electron chi connectivity index (χ2n) is 6.43. The molecule has 1 saturated heterocycles. The fourth-order valence-corrected chi connectivity index (χ4v) is 2.86. The molecule has 1 aromatic heterocycles. The number of rotatable bonds is 3. The number of nitrogens with zero attached hydrogens (tertiary/aromatic N) is 3. The van der Waals surface area contributed by atoms with E-state index in [9.17, 15) is 4.79 Å². The highest BCUT2D eigenvalue weighted by Crippen LogP contribution is 2.34. The Morgan fingerprint density at radius 3 is 2.80 bits per heavy atom. The first-order valence-electron chi connectivity index (χ1n) is 7.14. The van der Waals surface area contributed by atoms with Crippen LogP contribution in [0.1, 0.15) is 45.1 Å². The van der Waals surface area contributed by atoms with E-state index in [2.05, 4.69) is 28.7 Å². The van der Waals surface area contributed by atoms with E-state index in [4.69, 9.17) is 5.73 Å². The normalized spacial score (nSPS) is 21.9. The van der Waals surface area contributed by atoms with Gasteiger partial charge in [-0.25, -0.2) is 9.97 Å². The molecule has 1 atom stereocenters. The highest BCUT2D eigenvalue weighted by molar-refractivity contribution is 5.85. The lowest BCUT2D eigenvalue weighted by Gasteiger charge is -2.43. The molecule has 5 heteroatoms. The Morgan fingerprint density at radius 1 is 1.50 bits per heavy atom. The number of aromatic nitrogens is 2. The number of hydrogen-bond acceptors (Lipinski definition) is 5. The van der Waals surface area contributed by atoms with E-state index in [1.807, 2.05) is 13.0 Å². The number of carbonyl (C=O) groups is 1. The molecular weight excluding hydrogens is 252 g/mol. The molecule has 1 aliphatic rings. The topological polar surface area (TPSA) is 72.1 Å². The molecule has 2 heterocycles.